The van der Waals surface area contributed by atoms with E-state index in [0.29, 0.717) is 18.5 Å². The van der Waals surface area contributed by atoms with Gasteiger partial charge in [0.1, 0.15) is 6.61 Å². The first-order chi connectivity index (χ1) is 12.9. The number of hydrogen-bond acceptors (Lipinski definition) is 2. The van der Waals surface area contributed by atoms with Crippen molar-refractivity contribution >= 4 is 6.09 Å². The van der Waals surface area contributed by atoms with E-state index in [-0.39, 0.29) is 12.6 Å². The van der Waals surface area contributed by atoms with Gasteiger partial charge in [-0.25, -0.2) is 4.79 Å². The lowest BCUT2D eigenvalue weighted by Gasteiger charge is -2.20. The van der Waals surface area contributed by atoms with E-state index in [4.69, 9.17) is 4.74 Å². The molecule has 3 rings (SSSR count). The maximum atomic E-state index is 12.6. The maximum absolute atomic E-state index is 12.6. The second kappa shape index (κ2) is 8.17. The molecule has 3 nitrogen and oxygen atoms in total. The van der Waals surface area contributed by atoms with Crippen LogP contribution in [0.4, 0.5) is 18.0 Å². The lowest BCUT2D eigenvalue weighted by atomic mass is 10.1. The molecule has 0 aromatic heterocycles. The van der Waals surface area contributed by atoms with Gasteiger partial charge < -0.3 is 4.74 Å². The third-order valence-corrected chi connectivity index (χ3v) is 4.29. The Kier molecular flexibility index (Phi) is 5.70. The highest BCUT2D eigenvalue weighted by atomic mass is 19.4. The van der Waals surface area contributed by atoms with Crippen molar-refractivity contribution in [1.82, 2.24) is 4.90 Å². The van der Waals surface area contributed by atoms with E-state index in [1.165, 1.54) is 12.1 Å². The monoisotopic (exact) mass is 373 g/mol. The number of likely N-dealkylation sites (tertiary alicyclic amines) is 1. The number of alkyl halides is 3. The first-order valence-electron chi connectivity index (χ1n) is 8.59. The molecule has 1 heterocycles. The molecular weight excluding hydrogens is 355 g/mol. The molecule has 0 N–H and O–H groups in total. The molecule has 1 aliphatic heterocycles. The van der Waals surface area contributed by atoms with Crippen molar-refractivity contribution < 1.29 is 22.7 Å². The molecular formula is C21H18F3NO2. The molecule has 0 saturated carbocycles. The van der Waals surface area contributed by atoms with Gasteiger partial charge in [-0.2, -0.15) is 13.2 Å². The van der Waals surface area contributed by atoms with Crippen LogP contribution in [0.5, 0.6) is 0 Å². The number of halogens is 3. The smallest absolute Gasteiger partial charge is 0.416 e. The molecule has 0 unspecified atom stereocenters. The summed E-state index contributed by atoms with van der Waals surface area (Å²) in [6, 6.07) is 13.8. The van der Waals surface area contributed by atoms with Gasteiger partial charge in [0.2, 0.25) is 0 Å². The molecule has 1 saturated heterocycles. The number of hydrogen-bond donors (Lipinski definition) is 0. The Morgan fingerprint density at radius 1 is 1.11 bits per heavy atom. The van der Waals surface area contributed by atoms with Crippen LogP contribution < -0.4 is 0 Å². The second-order valence-electron chi connectivity index (χ2n) is 6.24. The minimum atomic E-state index is -4.36. The van der Waals surface area contributed by atoms with Gasteiger partial charge in [0.15, 0.2) is 0 Å². The predicted octanol–water partition coefficient (Wildman–Crippen LogP) is 4.86. The number of ether oxygens (including phenoxy) is 1. The fourth-order valence-electron chi connectivity index (χ4n) is 2.85. The van der Waals surface area contributed by atoms with E-state index in [1.807, 2.05) is 30.3 Å². The normalized spacial score (nSPS) is 16.6. The fraction of sp³-hybridized carbons (Fsp3) is 0.286. The molecule has 0 spiro atoms. The number of benzene rings is 2. The summed E-state index contributed by atoms with van der Waals surface area (Å²) in [4.78, 5) is 13.9. The topological polar surface area (TPSA) is 29.5 Å². The van der Waals surface area contributed by atoms with Crippen LogP contribution in [0.3, 0.4) is 0 Å². The van der Waals surface area contributed by atoms with E-state index in [2.05, 4.69) is 11.8 Å². The number of nitrogens with zero attached hydrogens (tertiary/aromatic N) is 1. The molecule has 1 aliphatic rings. The summed E-state index contributed by atoms with van der Waals surface area (Å²) in [6.45, 7) is 0.745. The molecule has 27 heavy (non-hydrogen) atoms. The highest BCUT2D eigenvalue weighted by Crippen LogP contribution is 2.29. The number of rotatable bonds is 2. The number of carbonyl (C=O) groups excluding carboxylic acids is 1. The molecule has 2 aromatic carbocycles. The average molecular weight is 373 g/mol. The molecule has 6 heteroatoms. The van der Waals surface area contributed by atoms with Crippen LogP contribution in [0.15, 0.2) is 54.6 Å². The summed E-state index contributed by atoms with van der Waals surface area (Å²) in [5.74, 6) is 5.84. The molecule has 0 bridgehead atoms. The molecule has 0 radical (unpaired) electrons. The van der Waals surface area contributed by atoms with E-state index >= 15 is 0 Å². The largest absolute Gasteiger partial charge is 0.445 e. The molecule has 1 atom stereocenters. The second-order valence-corrected chi connectivity index (χ2v) is 6.24. The minimum absolute atomic E-state index is 0.190. The van der Waals surface area contributed by atoms with Crippen molar-refractivity contribution in [1.29, 1.82) is 0 Å². The van der Waals surface area contributed by atoms with Gasteiger partial charge in [0, 0.05) is 12.1 Å². The summed E-state index contributed by atoms with van der Waals surface area (Å²) in [5.41, 5.74) is 0.671. The first-order valence-corrected chi connectivity index (χ1v) is 8.59. The van der Waals surface area contributed by atoms with Crippen LogP contribution >= 0.6 is 0 Å². The summed E-state index contributed by atoms with van der Waals surface area (Å²) < 4.78 is 43.1. The van der Waals surface area contributed by atoms with Gasteiger partial charge in [-0.15, -0.1) is 0 Å². The van der Waals surface area contributed by atoms with Crippen LogP contribution in [0.25, 0.3) is 0 Å². The third kappa shape index (κ3) is 5.04. The Hall–Kier alpha value is -2.94. The molecule has 1 fully saturated rings. The van der Waals surface area contributed by atoms with Crippen molar-refractivity contribution in [3.63, 3.8) is 0 Å². The van der Waals surface area contributed by atoms with Crippen LogP contribution in [0.1, 0.15) is 29.5 Å². The Morgan fingerprint density at radius 2 is 1.81 bits per heavy atom. The van der Waals surface area contributed by atoms with E-state index in [0.717, 1.165) is 24.1 Å². The van der Waals surface area contributed by atoms with Gasteiger partial charge in [-0.05, 0) is 42.7 Å². The Bertz CT molecular complexity index is 836. The standard InChI is InChI=1S/C21H18F3NO2/c22-21(23,24)18-11-8-16(9-12-18)10-13-19-7-4-14-25(19)20(26)27-15-17-5-2-1-3-6-17/h1-3,5-6,8-9,11-12,19H,4,7,14-15H2/t19-/m0/s1. The summed E-state index contributed by atoms with van der Waals surface area (Å²) in [7, 11) is 0. The van der Waals surface area contributed by atoms with Gasteiger partial charge in [0.25, 0.3) is 0 Å². The quantitative estimate of drug-likeness (QED) is 0.704. The van der Waals surface area contributed by atoms with Crippen LogP contribution in [-0.2, 0) is 17.5 Å². The number of amides is 1. The van der Waals surface area contributed by atoms with Crippen molar-refractivity contribution in [2.45, 2.75) is 31.7 Å². The molecule has 140 valence electrons. The van der Waals surface area contributed by atoms with Gasteiger partial charge in [-0.3, -0.25) is 4.90 Å². The zero-order valence-corrected chi connectivity index (χ0v) is 14.5. The maximum Gasteiger partial charge on any atom is 0.416 e. The van der Waals surface area contributed by atoms with Crippen LogP contribution in [-0.4, -0.2) is 23.6 Å². The van der Waals surface area contributed by atoms with Crippen molar-refractivity contribution in [2.75, 3.05) is 6.54 Å². The summed E-state index contributed by atoms with van der Waals surface area (Å²) in [5, 5.41) is 0. The minimum Gasteiger partial charge on any atom is -0.445 e. The Labute approximate surface area is 155 Å². The molecule has 1 amide bonds. The van der Waals surface area contributed by atoms with Crippen molar-refractivity contribution in [3.8, 4) is 11.8 Å². The van der Waals surface area contributed by atoms with Gasteiger partial charge in [-0.1, -0.05) is 42.2 Å². The number of carbonyl (C=O) groups is 1. The van der Waals surface area contributed by atoms with Crippen molar-refractivity contribution in [2.24, 2.45) is 0 Å². The Balaban J connectivity index is 1.61. The molecule has 0 aliphatic carbocycles. The van der Waals surface area contributed by atoms with Crippen LogP contribution in [0, 0.1) is 11.8 Å². The average Bonchev–Trinajstić information content (AvgIpc) is 3.13. The SMILES string of the molecule is O=C(OCc1ccccc1)N1CCC[C@H]1C#Cc1ccc(C(F)(F)F)cc1. The van der Waals surface area contributed by atoms with E-state index in [1.54, 1.807) is 4.90 Å². The lowest BCUT2D eigenvalue weighted by molar-refractivity contribution is -0.137. The lowest BCUT2D eigenvalue weighted by Crippen LogP contribution is -2.35. The summed E-state index contributed by atoms with van der Waals surface area (Å²) >= 11 is 0. The Morgan fingerprint density at radius 3 is 2.48 bits per heavy atom. The van der Waals surface area contributed by atoms with Gasteiger partial charge >= 0.3 is 12.3 Å². The zero-order chi connectivity index (χ0) is 19.3. The van der Waals surface area contributed by atoms with Crippen LogP contribution in [0.2, 0.25) is 0 Å². The zero-order valence-electron chi connectivity index (χ0n) is 14.5. The highest BCUT2D eigenvalue weighted by molar-refractivity contribution is 5.69. The molecule has 2 aromatic rings. The summed E-state index contributed by atoms with van der Waals surface area (Å²) in [6.07, 6.45) is -3.26. The van der Waals surface area contributed by atoms with E-state index in [9.17, 15) is 18.0 Å². The fourth-order valence-corrected chi connectivity index (χ4v) is 2.85. The highest BCUT2D eigenvalue weighted by Gasteiger charge is 2.30. The van der Waals surface area contributed by atoms with Gasteiger partial charge in [0.05, 0.1) is 11.6 Å². The van der Waals surface area contributed by atoms with E-state index < -0.39 is 17.8 Å². The predicted molar refractivity (Wildman–Crippen MR) is 94.7 cm³/mol. The third-order valence-electron chi connectivity index (χ3n) is 4.29. The van der Waals surface area contributed by atoms with Crippen molar-refractivity contribution in [3.05, 3.63) is 71.3 Å². The first kappa shape index (κ1) is 18.8.